The van der Waals surface area contributed by atoms with Crippen molar-refractivity contribution < 1.29 is 9.53 Å². The lowest BCUT2D eigenvalue weighted by Gasteiger charge is -2.08. The molecule has 0 saturated heterocycles. The molecule has 0 amide bonds. The summed E-state index contributed by atoms with van der Waals surface area (Å²) in [6, 6.07) is 20.1. The maximum atomic E-state index is 12.1. The molecule has 0 radical (unpaired) electrons. The number of pyridine rings is 1. The highest BCUT2D eigenvalue weighted by molar-refractivity contribution is 6.06. The number of hydrogen-bond donors (Lipinski definition) is 0. The van der Waals surface area contributed by atoms with Crippen molar-refractivity contribution in [3.63, 3.8) is 0 Å². The van der Waals surface area contributed by atoms with Crippen molar-refractivity contribution in [1.82, 2.24) is 4.40 Å². The highest BCUT2D eigenvalue weighted by Crippen LogP contribution is 2.28. The number of benzene rings is 2. The molecule has 4 aromatic rings. The number of methoxy groups -OCH3 is 1. The van der Waals surface area contributed by atoms with E-state index in [1.54, 1.807) is 0 Å². The number of carbonyl (C=O) groups is 1. The van der Waals surface area contributed by atoms with E-state index in [2.05, 4.69) is 22.6 Å². The molecule has 0 aliphatic carbocycles. The van der Waals surface area contributed by atoms with Gasteiger partial charge >= 0.3 is 5.97 Å². The van der Waals surface area contributed by atoms with Crippen molar-refractivity contribution in [3.05, 3.63) is 66.2 Å². The fourth-order valence-corrected chi connectivity index (χ4v) is 2.93. The van der Waals surface area contributed by atoms with Crippen LogP contribution in [-0.4, -0.2) is 17.5 Å². The summed E-state index contributed by atoms with van der Waals surface area (Å²) in [5.74, 6) is -0.312. The first-order chi connectivity index (χ1) is 10.3. The van der Waals surface area contributed by atoms with Crippen molar-refractivity contribution in [1.29, 1.82) is 0 Å². The summed E-state index contributed by atoms with van der Waals surface area (Å²) >= 11 is 0. The summed E-state index contributed by atoms with van der Waals surface area (Å²) in [7, 11) is 1.41. The van der Waals surface area contributed by atoms with E-state index in [9.17, 15) is 4.79 Å². The predicted octanol–water partition coefficient (Wildman–Crippen LogP) is 4.03. The minimum Gasteiger partial charge on any atom is -0.465 e. The zero-order valence-corrected chi connectivity index (χ0v) is 11.5. The first kappa shape index (κ1) is 12.0. The number of nitrogens with zero attached hydrogens (tertiary/aromatic N) is 1. The van der Waals surface area contributed by atoms with Crippen LogP contribution in [0.3, 0.4) is 0 Å². The van der Waals surface area contributed by atoms with E-state index in [1.807, 2.05) is 42.5 Å². The monoisotopic (exact) mass is 275 g/mol. The van der Waals surface area contributed by atoms with Crippen LogP contribution in [0.5, 0.6) is 0 Å². The number of ether oxygens (including phenoxy) is 1. The summed E-state index contributed by atoms with van der Waals surface area (Å²) in [5, 5.41) is 2.13. The van der Waals surface area contributed by atoms with Gasteiger partial charge in [0.1, 0.15) is 0 Å². The van der Waals surface area contributed by atoms with Crippen LogP contribution in [0.4, 0.5) is 0 Å². The van der Waals surface area contributed by atoms with Gasteiger partial charge in [-0.05, 0) is 29.7 Å². The van der Waals surface area contributed by atoms with E-state index in [1.165, 1.54) is 7.11 Å². The third-order valence-electron chi connectivity index (χ3n) is 3.87. The number of para-hydroxylation sites is 2. The highest BCUT2D eigenvalue weighted by atomic mass is 16.5. The molecule has 4 rings (SSSR count). The van der Waals surface area contributed by atoms with Gasteiger partial charge in [-0.2, -0.15) is 0 Å². The molecule has 3 nitrogen and oxygen atoms in total. The van der Waals surface area contributed by atoms with Crippen LogP contribution in [0.1, 0.15) is 10.4 Å². The molecular weight excluding hydrogens is 262 g/mol. The van der Waals surface area contributed by atoms with Crippen LogP contribution < -0.4 is 0 Å². The average molecular weight is 275 g/mol. The number of rotatable bonds is 1. The molecule has 21 heavy (non-hydrogen) atoms. The summed E-state index contributed by atoms with van der Waals surface area (Å²) in [5.41, 5.74) is 3.64. The molecule has 0 aliphatic rings. The second-order valence-electron chi connectivity index (χ2n) is 5.03. The molecular formula is C18H13NO2. The Kier molecular flexibility index (Phi) is 2.48. The Balaban J connectivity index is 2.30. The van der Waals surface area contributed by atoms with Crippen molar-refractivity contribution in [2.75, 3.05) is 7.11 Å². The van der Waals surface area contributed by atoms with Gasteiger partial charge in [-0.3, -0.25) is 0 Å². The maximum absolute atomic E-state index is 12.1. The summed E-state index contributed by atoms with van der Waals surface area (Å²) in [4.78, 5) is 12.1. The summed E-state index contributed by atoms with van der Waals surface area (Å²) < 4.78 is 7.06. The summed E-state index contributed by atoms with van der Waals surface area (Å²) in [6.45, 7) is 0. The molecule has 0 N–H and O–H groups in total. The van der Waals surface area contributed by atoms with Gasteiger partial charge in [0, 0.05) is 5.39 Å². The molecule has 0 bridgehead atoms. The van der Waals surface area contributed by atoms with Gasteiger partial charge in [-0.1, -0.05) is 36.4 Å². The van der Waals surface area contributed by atoms with E-state index in [4.69, 9.17) is 4.74 Å². The fraction of sp³-hybridized carbons (Fsp3) is 0.0556. The second kappa shape index (κ2) is 4.35. The number of aromatic nitrogens is 1. The zero-order valence-electron chi connectivity index (χ0n) is 11.5. The first-order valence-corrected chi connectivity index (χ1v) is 6.80. The first-order valence-electron chi connectivity index (χ1n) is 6.80. The van der Waals surface area contributed by atoms with Crippen LogP contribution in [0.25, 0.3) is 27.3 Å². The Morgan fingerprint density at radius 3 is 2.05 bits per heavy atom. The maximum Gasteiger partial charge on any atom is 0.340 e. The molecule has 2 heterocycles. The lowest BCUT2D eigenvalue weighted by molar-refractivity contribution is 0.0603. The van der Waals surface area contributed by atoms with Crippen molar-refractivity contribution in [2.45, 2.75) is 0 Å². The predicted molar refractivity (Wildman–Crippen MR) is 83.7 cm³/mol. The van der Waals surface area contributed by atoms with Gasteiger partial charge in [0.05, 0.1) is 29.2 Å². The molecule has 0 atom stereocenters. The minimum atomic E-state index is -0.312. The Morgan fingerprint density at radius 1 is 0.857 bits per heavy atom. The van der Waals surface area contributed by atoms with Gasteiger partial charge in [0.15, 0.2) is 0 Å². The average Bonchev–Trinajstić information content (AvgIpc) is 2.93. The normalized spacial score (nSPS) is 11.3. The Hall–Kier alpha value is -2.81. The minimum absolute atomic E-state index is 0.312. The zero-order chi connectivity index (χ0) is 14.4. The van der Waals surface area contributed by atoms with Crippen molar-refractivity contribution in [2.24, 2.45) is 0 Å². The molecule has 2 aromatic carbocycles. The standard InChI is InChI=1S/C18H13NO2/c1-21-18(20)14-10-12-6-2-4-8-15(12)19-16-9-5-3-7-13(16)11-17(14)19/h2-11H,1H3. The van der Waals surface area contributed by atoms with E-state index in [0.29, 0.717) is 5.56 Å². The molecule has 0 unspecified atom stereocenters. The van der Waals surface area contributed by atoms with E-state index in [-0.39, 0.29) is 5.97 Å². The van der Waals surface area contributed by atoms with Crippen LogP contribution in [-0.2, 0) is 4.74 Å². The van der Waals surface area contributed by atoms with Gasteiger partial charge in [0.25, 0.3) is 0 Å². The lowest BCUT2D eigenvalue weighted by Crippen LogP contribution is -2.04. The number of esters is 1. The number of carbonyl (C=O) groups excluding carboxylic acids is 1. The quantitative estimate of drug-likeness (QED) is 0.491. The molecule has 0 fully saturated rings. The van der Waals surface area contributed by atoms with Crippen LogP contribution in [0, 0.1) is 0 Å². The van der Waals surface area contributed by atoms with Crippen molar-refractivity contribution in [3.8, 4) is 0 Å². The molecule has 102 valence electrons. The molecule has 3 heteroatoms. The van der Waals surface area contributed by atoms with Crippen LogP contribution in [0.2, 0.25) is 0 Å². The second-order valence-corrected chi connectivity index (χ2v) is 5.03. The Morgan fingerprint density at radius 2 is 1.43 bits per heavy atom. The van der Waals surface area contributed by atoms with Gasteiger partial charge < -0.3 is 9.14 Å². The van der Waals surface area contributed by atoms with Gasteiger partial charge in [-0.15, -0.1) is 0 Å². The smallest absolute Gasteiger partial charge is 0.340 e. The van der Waals surface area contributed by atoms with Crippen molar-refractivity contribution >= 4 is 33.3 Å². The van der Waals surface area contributed by atoms with Crippen LogP contribution >= 0.6 is 0 Å². The summed E-state index contributed by atoms with van der Waals surface area (Å²) in [6.07, 6.45) is 0. The van der Waals surface area contributed by atoms with Crippen LogP contribution in [0.15, 0.2) is 60.7 Å². The largest absolute Gasteiger partial charge is 0.465 e. The Labute approximate surface area is 121 Å². The molecule has 2 aromatic heterocycles. The third kappa shape index (κ3) is 1.64. The molecule has 0 spiro atoms. The Bertz CT molecular complexity index is 998. The number of fused-ring (bicyclic) bond motifs is 5. The van der Waals surface area contributed by atoms with E-state index in [0.717, 1.165) is 27.3 Å². The highest BCUT2D eigenvalue weighted by Gasteiger charge is 2.15. The molecule has 0 aliphatic heterocycles. The lowest BCUT2D eigenvalue weighted by atomic mass is 10.1. The van der Waals surface area contributed by atoms with Gasteiger partial charge in [0.2, 0.25) is 0 Å². The number of hydrogen-bond acceptors (Lipinski definition) is 2. The third-order valence-corrected chi connectivity index (χ3v) is 3.87. The molecule has 0 saturated carbocycles. The SMILES string of the molecule is COC(=O)c1cc2ccccc2n2c1cc1ccccc12. The van der Waals surface area contributed by atoms with Gasteiger partial charge in [-0.25, -0.2) is 4.79 Å². The topological polar surface area (TPSA) is 30.7 Å². The van der Waals surface area contributed by atoms with E-state index < -0.39 is 0 Å². The fourth-order valence-electron chi connectivity index (χ4n) is 2.93. The van der Waals surface area contributed by atoms with E-state index >= 15 is 0 Å².